The van der Waals surface area contributed by atoms with Gasteiger partial charge in [0.05, 0.1) is 29.8 Å². The Hall–Kier alpha value is -2.61. The maximum absolute atomic E-state index is 13.3. The van der Waals surface area contributed by atoms with Crippen molar-refractivity contribution in [2.24, 2.45) is 0 Å². The van der Waals surface area contributed by atoms with Crippen LogP contribution in [-0.2, 0) is 11.3 Å². The number of anilines is 1. The van der Waals surface area contributed by atoms with Crippen LogP contribution in [-0.4, -0.2) is 28.7 Å². The maximum Gasteiger partial charge on any atom is 0.239 e. The summed E-state index contributed by atoms with van der Waals surface area (Å²) < 4.78 is 6.50. The van der Waals surface area contributed by atoms with Gasteiger partial charge >= 0.3 is 0 Å². The van der Waals surface area contributed by atoms with Crippen LogP contribution in [0.5, 0.6) is 5.75 Å². The van der Waals surface area contributed by atoms with E-state index < -0.39 is 0 Å². The van der Waals surface area contributed by atoms with E-state index in [1.807, 2.05) is 61.5 Å². The smallest absolute Gasteiger partial charge is 0.239 e. The zero-order chi connectivity index (χ0) is 21.8. The van der Waals surface area contributed by atoms with Crippen LogP contribution in [0.1, 0.15) is 11.3 Å². The number of carbonyl (C=O) groups is 1. The Morgan fingerprint density at radius 3 is 2.68 bits per heavy atom. The van der Waals surface area contributed by atoms with Gasteiger partial charge < -0.3 is 4.74 Å². The SMILES string of the molecule is COc1ccc(C)c2sc(N(Cc3ccccn3)C(=O)CSc3ccc(Cl)cc3)nc12. The molecule has 4 aromatic rings. The number of fused-ring (bicyclic) bond motifs is 1. The average molecular weight is 470 g/mol. The normalized spacial score (nSPS) is 10.9. The number of aromatic nitrogens is 2. The van der Waals surface area contributed by atoms with Crippen LogP contribution >= 0.6 is 34.7 Å². The van der Waals surface area contributed by atoms with E-state index in [0.717, 1.165) is 26.4 Å². The van der Waals surface area contributed by atoms with Crippen molar-refractivity contribution < 1.29 is 9.53 Å². The van der Waals surface area contributed by atoms with E-state index in [-0.39, 0.29) is 11.7 Å². The highest BCUT2D eigenvalue weighted by Crippen LogP contribution is 2.37. The lowest BCUT2D eigenvalue weighted by atomic mass is 10.2. The first kappa shape index (κ1) is 21.6. The first-order valence-electron chi connectivity index (χ1n) is 9.58. The van der Waals surface area contributed by atoms with Gasteiger partial charge in [0.25, 0.3) is 0 Å². The number of aryl methyl sites for hydroxylation is 1. The number of hydrogen-bond acceptors (Lipinski definition) is 6. The van der Waals surface area contributed by atoms with Gasteiger partial charge in [0.1, 0.15) is 11.3 Å². The molecule has 0 fully saturated rings. The molecule has 0 atom stereocenters. The fourth-order valence-corrected chi connectivity index (χ4v) is 5.02. The fourth-order valence-electron chi connectivity index (χ4n) is 3.05. The second kappa shape index (κ2) is 9.68. The van der Waals surface area contributed by atoms with Crippen LogP contribution < -0.4 is 9.64 Å². The summed E-state index contributed by atoms with van der Waals surface area (Å²) in [6.07, 6.45) is 1.73. The van der Waals surface area contributed by atoms with E-state index >= 15 is 0 Å². The van der Waals surface area contributed by atoms with Crippen molar-refractivity contribution in [3.63, 3.8) is 0 Å². The molecule has 0 radical (unpaired) electrons. The Morgan fingerprint density at radius 2 is 1.97 bits per heavy atom. The zero-order valence-corrected chi connectivity index (χ0v) is 19.4. The van der Waals surface area contributed by atoms with Gasteiger partial charge in [-0.2, -0.15) is 0 Å². The number of thioether (sulfide) groups is 1. The molecule has 0 aliphatic carbocycles. The second-order valence-electron chi connectivity index (χ2n) is 6.80. The fraction of sp³-hybridized carbons (Fsp3) is 0.174. The molecule has 0 aliphatic heterocycles. The number of methoxy groups -OCH3 is 1. The summed E-state index contributed by atoms with van der Waals surface area (Å²) in [6, 6.07) is 17.1. The van der Waals surface area contributed by atoms with Crippen molar-refractivity contribution in [3.05, 3.63) is 77.1 Å². The van der Waals surface area contributed by atoms with Crippen LogP contribution in [0.2, 0.25) is 5.02 Å². The number of rotatable bonds is 7. The number of benzene rings is 2. The van der Waals surface area contributed by atoms with Crippen LogP contribution in [0.3, 0.4) is 0 Å². The van der Waals surface area contributed by atoms with Crippen molar-refractivity contribution >= 4 is 56.0 Å². The zero-order valence-electron chi connectivity index (χ0n) is 17.0. The van der Waals surface area contributed by atoms with E-state index in [0.29, 0.717) is 22.4 Å². The second-order valence-corrected chi connectivity index (χ2v) is 9.27. The molecule has 0 saturated carbocycles. The van der Waals surface area contributed by atoms with Crippen molar-refractivity contribution in [2.45, 2.75) is 18.4 Å². The summed E-state index contributed by atoms with van der Waals surface area (Å²) in [5, 5.41) is 1.31. The van der Waals surface area contributed by atoms with E-state index in [2.05, 4.69) is 4.98 Å². The van der Waals surface area contributed by atoms with E-state index in [9.17, 15) is 4.79 Å². The van der Waals surface area contributed by atoms with Gasteiger partial charge in [0, 0.05) is 16.1 Å². The number of thiazole rings is 1. The number of amides is 1. The predicted molar refractivity (Wildman–Crippen MR) is 129 cm³/mol. The largest absolute Gasteiger partial charge is 0.494 e. The highest BCUT2D eigenvalue weighted by molar-refractivity contribution is 8.00. The molecule has 5 nitrogen and oxygen atoms in total. The number of ether oxygens (including phenoxy) is 1. The van der Waals surface area contributed by atoms with E-state index in [4.69, 9.17) is 21.3 Å². The number of pyridine rings is 1. The Labute approximate surface area is 194 Å². The van der Waals surface area contributed by atoms with Crippen molar-refractivity contribution in [1.82, 2.24) is 9.97 Å². The third-order valence-electron chi connectivity index (χ3n) is 4.67. The van der Waals surface area contributed by atoms with Crippen molar-refractivity contribution in [1.29, 1.82) is 0 Å². The number of nitrogens with zero attached hydrogens (tertiary/aromatic N) is 3. The molecule has 31 heavy (non-hydrogen) atoms. The third kappa shape index (κ3) is 5.01. The molecule has 0 unspecified atom stereocenters. The summed E-state index contributed by atoms with van der Waals surface area (Å²) >= 11 is 8.93. The van der Waals surface area contributed by atoms with Gasteiger partial charge in [-0.1, -0.05) is 35.1 Å². The molecule has 2 heterocycles. The molecule has 4 rings (SSSR count). The summed E-state index contributed by atoms with van der Waals surface area (Å²) in [5.41, 5.74) is 2.67. The summed E-state index contributed by atoms with van der Waals surface area (Å²) in [6.45, 7) is 2.38. The standard InChI is InChI=1S/C23H20ClN3O2S2/c1-15-6-11-19(29-2)21-22(15)31-23(26-21)27(13-17-5-3-4-12-25-17)20(28)14-30-18-9-7-16(24)8-10-18/h3-12H,13-14H2,1-2H3. The van der Waals surface area contributed by atoms with Crippen molar-refractivity contribution in [3.8, 4) is 5.75 Å². The Kier molecular flexibility index (Phi) is 6.75. The third-order valence-corrected chi connectivity index (χ3v) is 7.13. The highest BCUT2D eigenvalue weighted by Gasteiger charge is 2.22. The molecule has 0 aliphatic rings. The summed E-state index contributed by atoms with van der Waals surface area (Å²) in [7, 11) is 1.63. The predicted octanol–water partition coefficient (Wildman–Crippen LogP) is 5.99. The minimum atomic E-state index is -0.0405. The lowest BCUT2D eigenvalue weighted by Gasteiger charge is -2.19. The molecule has 2 aromatic carbocycles. The quantitative estimate of drug-likeness (QED) is 0.311. The first-order valence-corrected chi connectivity index (χ1v) is 11.8. The molecule has 158 valence electrons. The highest BCUT2D eigenvalue weighted by atomic mass is 35.5. The lowest BCUT2D eigenvalue weighted by Crippen LogP contribution is -2.32. The van der Waals surface area contributed by atoms with Crippen LogP contribution in [0, 0.1) is 6.92 Å². The average Bonchev–Trinajstić information content (AvgIpc) is 3.24. The minimum absolute atomic E-state index is 0.0405. The summed E-state index contributed by atoms with van der Waals surface area (Å²) in [5.74, 6) is 0.936. The minimum Gasteiger partial charge on any atom is -0.494 e. The van der Waals surface area contributed by atoms with Gasteiger partial charge in [0.2, 0.25) is 5.91 Å². The van der Waals surface area contributed by atoms with Gasteiger partial charge in [-0.05, 0) is 55.0 Å². The molecular formula is C23H20ClN3O2S2. The monoisotopic (exact) mass is 469 g/mol. The topological polar surface area (TPSA) is 55.3 Å². The molecule has 0 saturated heterocycles. The van der Waals surface area contributed by atoms with Gasteiger partial charge in [-0.15, -0.1) is 11.8 Å². The van der Waals surface area contributed by atoms with Gasteiger partial charge in [-0.25, -0.2) is 4.98 Å². The molecule has 8 heteroatoms. The summed E-state index contributed by atoms with van der Waals surface area (Å²) in [4.78, 5) is 25.1. The molecule has 0 N–H and O–H groups in total. The number of hydrogen-bond donors (Lipinski definition) is 0. The Morgan fingerprint density at radius 1 is 1.16 bits per heavy atom. The van der Waals surface area contributed by atoms with Gasteiger partial charge in [-0.3, -0.25) is 14.7 Å². The van der Waals surface area contributed by atoms with E-state index in [1.165, 1.54) is 23.1 Å². The number of halogens is 1. The van der Waals surface area contributed by atoms with Crippen molar-refractivity contribution in [2.75, 3.05) is 17.8 Å². The van der Waals surface area contributed by atoms with Crippen LogP contribution in [0.25, 0.3) is 10.2 Å². The van der Waals surface area contributed by atoms with E-state index in [1.54, 1.807) is 18.2 Å². The maximum atomic E-state index is 13.3. The molecule has 2 aromatic heterocycles. The van der Waals surface area contributed by atoms with Crippen LogP contribution in [0.4, 0.5) is 5.13 Å². The number of carbonyl (C=O) groups excluding carboxylic acids is 1. The first-order chi connectivity index (χ1) is 15.0. The molecular weight excluding hydrogens is 450 g/mol. The Bertz CT molecular complexity index is 1200. The Balaban J connectivity index is 1.65. The van der Waals surface area contributed by atoms with Gasteiger partial charge in [0.15, 0.2) is 5.13 Å². The lowest BCUT2D eigenvalue weighted by molar-refractivity contribution is -0.116. The molecule has 0 spiro atoms. The van der Waals surface area contributed by atoms with Crippen LogP contribution in [0.15, 0.2) is 65.7 Å². The molecule has 1 amide bonds. The molecule has 0 bridgehead atoms.